The lowest BCUT2D eigenvalue weighted by molar-refractivity contribution is 0.313. The van der Waals surface area contributed by atoms with Crippen molar-refractivity contribution in [3.8, 4) is 0 Å². The minimum atomic E-state index is -3.16. The van der Waals surface area contributed by atoms with Crippen molar-refractivity contribution in [2.24, 2.45) is 5.10 Å². The summed E-state index contributed by atoms with van der Waals surface area (Å²) < 4.78 is 21.4. The van der Waals surface area contributed by atoms with Gasteiger partial charge in [0.1, 0.15) is 0 Å². The average molecular weight is 393 g/mol. The van der Waals surface area contributed by atoms with Crippen molar-refractivity contribution in [3.05, 3.63) is 64.6 Å². The standard InChI is InChI=1S/C17H18BrN2O2P/c1-22-23(21,16-6-3-2-4-7-16)20-13-5-8-17(19-20)14-9-11-15(18)12-10-14/h2-4,6-7,9-12H,5,8,13H2,1H3. The summed E-state index contributed by atoms with van der Waals surface area (Å²) in [6, 6.07) is 17.3. The molecule has 0 fully saturated rings. The van der Waals surface area contributed by atoms with E-state index < -0.39 is 7.52 Å². The minimum Gasteiger partial charge on any atom is -0.312 e. The molecule has 1 atom stereocenters. The van der Waals surface area contributed by atoms with Gasteiger partial charge in [-0.1, -0.05) is 46.3 Å². The van der Waals surface area contributed by atoms with Gasteiger partial charge in [-0.05, 0) is 42.7 Å². The maximum absolute atomic E-state index is 13.4. The van der Waals surface area contributed by atoms with Gasteiger partial charge in [0, 0.05) is 18.1 Å². The molecule has 0 radical (unpaired) electrons. The summed E-state index contributed by atoms with van der Waals surface area (Å²) in [6.07, 6.45) is 1.77. The molecule has 4 nitrogen and oxygen atoms in total. The fourth-order valence-electron chi connectivity index (χ4n) is 2.61. The SMILES string of the molecule is COP(=O)(c1ccccc1)N1CCCC(c2ccc(Br)cc2)=N1. The van der Waals surface area contributed by atoms with E-state index in [0.29, 0.717) is 11.8 Å². The van der Waals surface area contributed by atoms with Crippen molar-refractivity contribution in [2.75, 3.05) is 13.7 Å². The number of rotatable bonds is 4. The van der Waals surface area contributed by atoms with Crippen LogP contribution in [0.3, 0.4) is 0 Å². The third kappa shape index (κ3) is 3.42. The highest BCUT2D eigenvalue weighted by atomic mass is 79.9. The topological polar surface area (TPSA) is 41.9 Å². The van der Waals surface area contributed by atoms with E-state index in [0.717, 1.165) is 28.6 Å². The fraction of sp³-hybridized carbons (Fsp3) is 0.235. The zero-order valence-electron chi connectivity index (χ0n) is 12.9. The molecule has 0 bridgehead atoms. The van der Waals surface area contributed by atoms with Crippen LogP contribution in [0.15, 0.2) is 64.2 Å². The Labute approximate surface area is 144 Å². The normalized spacial score (nSPS) is 17.5. The number of hydrogen-bond acceptors (Lipinski definition) is 3. The molecule has 1 aliphatic heterocycles. The van der Waals surface area contributed by atoms with Crippen molar-refractivity contribution in [3.63, 3.8) is 0 Å². The predicted molar refractivity (Wildman–Crippen MR) is 97.3 cm³/mol. The number of halogens is 1. The molecule has 120 valence electrons. The highest BCUT2D eigenvalue weighted by molar-refractivity contribution is 9.10. The van der Waals surface area contributed by atoms with Gasteiger partial charge in [0.05, 0.1) is 11.0 Å². The Kier molecular flexibility index (Phi) is 5.00. The van der Waals surface area contributed by atoms with Gasteiger partial charge < -0.3 is 4.52 Å². The second-order valence-electron chi connectivity index (χ2n) is 5.29. The summed E-state index contributed by atoms with van der Waals surface area (Å²) in [4.78, 5) is 0. The van der Waals surface area contributed by atoms with Gasteiger partial charge in [-0.2, -0.15) is 5.10 Å². The van der Waals surface area contributed by atoms with Gasteiger partial charge in [0.2, 0.25) is 0 Å². The van der Waals surface area contributed by atoms with Crippen LogP contribution in [-0.2, 0) is 9.09 Å². The van der Waals surface area contributed by atoms with Gasteiger partial charge in [-0.3, -0.25) is 4.57 Å². The minimum absolute atomic E-state index is 0.625. The second kappa shape index (κ2) is 7.00. The van der Waals surface area contributed by atoms with Gasteiger partial charge >= 0.3 is 7.52 Å². The Balaban J connectivity index is 1.97. The molecule has 0 amide bonds. The third-order valence-corrected chi connectivity index (χ3v) is 6.69. The summed E-state index contributed by atoms with van der Waals surface area (Å²) in [7, 11) is -1.68. The van der Waals surface area contributed by atoms with Gasteiger partial charge in [-0.15, -0.1) is 0 Å². The van der Waals surface area contributed by atoms with Crippen LogP contribution in [0.4, 0.5) is 0 Å². The maximum Gasteiger partial charge on any atom is 0.341 e. The molecule has 0 aliphatic carbocycles. The van der Waals surface area contributed by atoms with Crippen molar-refractivity contribution < 1.29 is 9.09 Å². The lowest BCUT2D eigenvalue weighted by atomic mass is 10.1. The Morgan fingerprint density at radius 1 is 1.13 bits per heavy atom. The maximum atomic E-state index is 13.4. The number of hydrogen-bond donors (Lipinski definition) is 0. The summed E-state index contributed by atoms with van der Waals surface area (Å²) in [6.45, 7) is 0.625. The molecule has 0 saturated heterocycles. The molecule has 0 N–H and O–H groups in total. The van der Waals surface area contributed by atoms with E-state index in [1.807, 2.05) is 54.6 Å². The molecule has 0 aromatic heterocycles. The van der Waals surface area contributed by atoms with Crippen LogP contribution < -0.4 is 5.30 Å². The Morgan fingerprint density at radius 2 is 1.83 bits per heavy atom. The van der Waals surface area contributed by atoms with E-state index in [-0.39, 0.29) is 0 Å². The summed E-state index contributed by atoms with van der Waals surface area (Å²) >= 11 is 3.44. The predicted octanol–water partition coefficient (Wildman–Crippen LogP) is 4.41. The highest BCUT2D eigenvalue weighted by Gasteiger charge is 2.34. The zero-order chi connectivity index (χ0) is 16.3. The average Bonchev–Trinajstić information content (AvgIpc) is 2.62. The smallest absolute Gasteiger partial charge is 0.312 e. The van der Waals surface area contributed by atoms with Crippen LogP contribution >= 0.6 is 23.4 Å². The number of hydrazone groups is 1. The van der Waals surface area contributed by atoms with Crippen LogP contribution in [0, 0.1) is 0 Å². The molecule has 23 heavy (non-hydrogen) atoms. The first-order valence-corrected chi connectivity index (χ1v) is 9.83. The molecular weight excluding hydrogens is 375 g/mol. The molecule has 1 heterocycles. The van der Waals surface area contributed by atoms with Gasteiger partial charge in [-0.25, -0.2) is 4.78 Å². The van der Waals surface area contributed by atoms with Crippen LogP contribution in [0.25, 0.3) is 0 Å². The lowest BCUT2D eigenvalue weighted by Gasteiger charge is -2.31. The molecule has 1 unspecified atom stereocenters. The van der Waals surface area contributed by atoms with E-state index in [9.17, 15) is 4.57 Å². The van der Waals surface area contributed by atoms with E-state index in [2.05, 4.69) is 21.0 Å². The molecule has 3 rings (SSSR count). The largest absolute Gasteiger partial charge is 0.341 e. The van der Waals surface area contributed by atoms with Crippen LogP contribution in [0.2, 0.25) is 0 Å². The molecule has 6 heteroatoms. The van der Waals surface area contributed by atoms with E-state index in [1.54, 1.807) is 4.78 Å². The second-order valence-corrected chi connectivity index (χ2v) is 8.59. The Bertz CT molecular complexity index is 747. The molecule has 2 aromatic carbocycles. The molecular formula is C17H18BrN2O2P. The fourth-order valence-corrected chi connectivity index (χ4v) is 4.72. The van der Waals surface area contributed by atoms with Gasteiger partial charge in [0.25, 0.3) is 0 Å². The zero-order valence-corrected chi connectivity index (χ0v) is 15.3. The number of benzene rings is 2. The monoisotopic (exact) mass is 392 g/mol. The molecule has 0 spiro atoms. The summed E-state index contributed by atoms with van der Waals surface area (Å²) in [5.41, 5.74) is 1.99. The van der Waals surface area contributed by atoms with Crippen LogP contribution in [0.1, 0.15) is 18.4 Å². The highest BCUT2D eigenvalue weighted by Crippen LogP contribution is 2.50. The first-order valence-electron chi connectivity index (χ1n) is 7.46. The summed E-state index contributed by atoms with van der Waals surface area (Å²) in [5.74, 6) is 0. The molecule has 2 aromatic rings. The van der Waals surface area contributed by atoms with Crippen LogP contribution in [-0.4, -0.2) is 24.1 Å². The Morgan fingerprint density at radius 3 is 2.48 bits per heavy atom. The van der Waals surface area contributed by atoms with Crippen molar-refractivity contribution in [2.45, 2.75) is 12.8 Å². The lowest BCUT2D eigenvalue weighted by Crippen LogP contribution is -2.29. The summed E-state index contributed by atoms with van der Waals surface area (Å²) in [5, 5.41) is 5.32. The Hall–Kier alpha value is -1.42. The molecule has 1 aliphatic rings. The van der Waals surface area contributed by atoms with E-state index in [1.165, 1.54) is 7.11 Å². The molecule has 0 saturated carbocycles. The van der Waals surface area contributed by atoms with Crippen molar-refractivity contribution >= 4 is 34.5 Å². The first kappa shape index (κ1) is 16.4. The van der Waals surface area contributed by atoms with E-state index >= 15 is 0 Å². The van der Waals surface area contributed by atoms with Crippen LogP contribution in [0.5, 0.6) is 0 Å². The first-order chi connectivity index (χ1) is 11.1. The van der Waals surface area contributed by atoms with Crippen molar-refractivity contribution in [1.29, 1.82) is 0 Å². The van der Waals surface area contributed by atoms with Crippen molar-refractivity contribution in [1.82, 2.24) is 4.78 Å². The van der Waals surface area contributed by atoms with Gasteiger partial charge in [0.15, 0.2) is 0 Å². The quantitative estimate of drug-likeness (QED) is 0.723. The third-order valence-electron chi connectivity index (χ3n) is 3.82. The van der Waals surface area contributed by atoms with E-state index in [4.69, 9.17) is 4.52 Å². The number of nitrogens with zero attached hydrogens (tertiary/aromatic N) is 2.